The lowest BCUT2D eigenvalue weighted by Gasteiger charge is -1.24. The van der Waals surface area contributed by atoms with Gasteiger partial charge in [0.1, 0.15) is 25.1 Å². The lowest BCUT2D eigenvalue weighted by atomic mass is 10.9. The molecular weight excluding hydrogens is 196 g/mol. The van der Waals surface area contributed by atoms with Gasteiger partial charge in [0, 0.05) is 0 Å². The van der Waals surface area contributed by atoms with Crippen molar-refractivity contribution in [2.45, 2.75) is 34.6 Å². The van der Waals surface area contributed by atoms with E-state index < -0.39 is 0 Å². The molecule has 0 aliphatic carbocycles. The average Bonchev–Trinajstić information content (AvgIpc) is 2.09. The van der Waals surface area contributed by atoms with Crippen LogP contribution in [0.15, 0.2) is 0 Å². The molecule has 0 saturated heterocycles. The van der Waals surface area contributed by atoms with Gasteiger partial charge in [-0.15, -0.1) is 12.3 Å². The first-order chi connectivity index (χ1) is 7.07. The molecular formula is C11H20O4. The highest BCUT2D eigenvalue weighted by Crippen LogP contribution is 1.21. The lowest BCUT2D eigenvalue weighted by molar-refractivity contribution is -0.106. The largest absolute Gasteiger partial charge is 0.304 e. The zero-order valence-electron chi connectivity index (χ0n) is 10.0. The predicted molar refractivity (Wildman–Crippen MR) is 61.5 cm³/mol. The topological polar surface area (TPSA) is 68.3 Å². The molecule has 4 heteroatoms. The van der Waals surface area contributed by atoms with Crippen molar-refractivity contribution >= 4 is 25.1 Å². The second-order valence-electron chi connectivity index (χ2n) is 1.23. The van der Waals surface area contributed by atoms with Crippen molar-refractivity contribution in [1.29, 1.82) is 0 Å². The number of aldehydes is 4. The van der Waals surface area contributed by atoms with E-state index in [0.717, 1.165) is 25.1 Å². The van der Waals surface area contributed by atoms with Gasteiger partial charge in [0.05, 0.1) is 0 Å². The standard InChI is InChI=1S/C3H4.4C2H4O/c1-3-2;4*1-2-3/h1H,2H3;4*2H,1H3. The molecule has 0 radical (unpaired) electrons. The van der Waals surface area contributed by atoms with Gasteiger partial charge in [0.15, 0.2) is 0 Å². The molecule has 0 aromatic rings. The molecule has 0 aromatic heterocycles. The number of carbonyl (C=O) groups excluding carboxylic acids is 4. The highest BCUT2D eigenvalue weighted by molar-refractivity contribution is 5.45. The molecule has 0 aliphatic heterocycles. The Morgan fingerprint density at radius 1 is 0.733 bits per heavy atom. The minimum absolute atomic E-state index is 0.750. The van der Waals surface area contributed by atoms with Gasteiger partial charge in [-0.1, -0.05) is 0 Å². The molecule has 0 heterocycles. The molecule has 0 aromatic carbocycles. The quantitative estimate of drug-likeness (QED) is 0.454. The maximum Gasteiger partial charge on any atom is 0.116 e. The molecule has 0 spiro atoms. The zero-order valence-corrected chi connectivity index (χ0v) is 10.0. The third-order valence-electron chi connectivity index (χ3n) is 0. The van der Waals surface area contributed by atoms with Crippen LogP contribution in [0, 0.1) is 12.3 Å². The van der Waals surface area contributed by atoms with E-state index in [2.05, 4.69) is 12.3 Å². The molecule has 0 amide bonds. The molecule has 0 rings (SSSR count). The summed E-state index contributed by atoms with van der Waals surface area (Å²) >= 11 is 0. The van der Waals surface area contributed by atoms with E-state index in [1.165, 1.54) is 27.7 Å². The van der Waals surface area contributed by atoms with Crippen LogP contribution in [0.25, 0.3) is 0 Å². The summed E-state index contributed by atoms with van der Waals surface area (Å²) in [5, 5.41) is 0. The lowest BCUT2D eigenvalue weighted by Crippen LogP contribution is -1.36. The first-order valence-corrected chi connectivity index (χ1v) is 4.04. The first-order valence-electron chi connectivity index (χ1n) is 4.04. The van der Waals surface area contributed by atoms with Crippen LogP contribution in [-0.4, -0.2) is 25.1 Å². The fourth-order valence-corrected chi connectivity index (χ4v) is 0. The van der Waals surface area contributed by atoms with Crippen LogP contribution in [-0.2, 0) is 19.2 Å². The predicted octanol–water partition coefficient (Wildman–Crippen LogP) is 1.46. The van der Waals surface area contributed by atoms with Crippen LogP contribution in [0.4, 0.5) is 0 Å². The van der Waals surface area contributed by atoms with Crippen molar-refractivity contribution in [1.82, 2.24) is 0 Å². The maximum absolute atomic E-state index is 8.81. The van der Waals surface area contributed by atoms with Gasteiger partial charge >= 0.3 is 0 Å². The summed E-state index contributed by atoms with van der Waals surface area (Å²) in [7, 11) is 0. The van der Waals surface area contributed by atoms with Gasteiger partial charge in [-0.05, 0) is 34.6 Å². The van der Waals surface area contributed by atoms with Gasteiger partial charge in [0.25, 0.3) is 0 Å². The monoisotopic (exact) mass is 216 g/mol. The van der Waals surface area contributed by atoms with Crippen molar-refractivity contribution in [3.63, 3.8) is 0 Å². The molecule has 4 nitrogen and oxygen atoms in total. The fourth-order valence-electron chi connectivity index (χ4n) is 0. The molecule has 0 bridgehead atoms. The van der Waals surface area contributed by atoms with Gasteiger partial charge in [0.2, 0.25) is 0 Å². The van der Waals surface area contributed by atoms with E-state index in [0.29, 0.717) is 0 Å². The van der Waals surface area contributed by atoms with Crippen LogP contribution in [0.1, 0.15) is 34.6 Å². The van der Waals surface area contributed by atoms with Crippen LogP contribution in [0.2, 0.25) is 0 Å². The third kappa shape index (κ3) is 414. The Hall–Kier alpha value is -1.76. The summed E-state index contributed by atoms with van der Waals surface area (Å²) < 4.78 is 0. The molecule has 0 N–H and O–H groups in total. The smallest absolute Gasteiger partial charge is 0.116 e. The highest BCUT2D eigenvalue weighted by Gasteiger charge is 1.25. The molecule has 0 unspecified atom stereocenters. The highest BCUT2D eigenvalue weighted by atomic mass is 16.1. The minimum Gasteiger partial charge on any atom is -0.304 e. The van der Waals surface area contributed by atoms with Gasteiger partial charge in [-0.25, -0.2) is 0 Å². The summed E-state index contributed by atoms with van der Waals surface area (Å²) in [6.07, 6.45) is 7.60. The Morgan fingerprint density at radius 2 is 0.733 bits per heavy atom. The van der Waals surface area contributed by atoms with Crippen LogP contribution >= 0.6 is 0 Å². The summed E-state index contributed by atoms with van der Waals surface area (Å²) in [5.74, 6) is 2.25. The Labute approximate surface area is 92.1 Å². The van der Waals surface area contributed by atoms with E-state index in [9.17, 15) is 0 Å². The molecule has 0 atom stereocenters. The second kappa shape index (κ2) is 147. The summed E-state index contributed by atoms with van der Waals surface area (Å²) in [4.78, 5) is 35.2. The second-order valence-corrected chi connectivity index (χ2v) is 1.23. The summed E-state index contributed by atoms with van der Waals surface area (Å²) in [5.41, 5.74) is 0. The van der Waals surface area contributed by atoms with Crippen LogP contribution in [0.3, 0.4) is 0 Å². The maximum atomic E-state index is 8.81. The number of hydrogen-bond donors (Lipinski definition) is 0. The van der Waals surface area contributed by atoms with Crippen LogP contribution in [0.5, 0.6) is 0 Å². The Morgan fingerprint density at radius 3 is 0.733 bits per heavy atom. The van der Waals surface area contributed by atoms with Crippen molar-refractivity contribution in [3.8, 4) is 12.3 Å². The SMILES string of the molecule is C#CC.CC=O.CC=O.CC=O.CC=O. The summed E-state index contributed by atoms with van der Waals surface area (Å²) in [6.45, 7) is 7.43. The van der Waals surface area contributed by atoms with E-state index in [1.807, 2.05) is 0 Å². The van der Waals surface area contributed by atoms with Crippen LogP contribution < -0.4 is 0 Å². The Balaban J connectivity index is -0.0000000278. The normalized spacial score (nSPS) is 4.00. The molecule has 15 heavy (non-hydrogen) atoms. The van der Waals surface area contributed by atoms with Crippen molar-refractivity contribution in [3.05, 3.63) is 0 Å². The number of hydrogen-bond acceptors (Lipinski definition) is 4. The average molecular weight is 216 g/mol. The number of rotatable bonds is 0. The van der Waals surface area contributed by atoms with E-state index in [-0.39, 0.29) is 0 Å². The van der Waals surface area contributed by atoms with Crippen molar-refractivity contribution < 1.29 is 19.2 Å². The molecule has 0 fully saturated rings. The van der Waals surface area contributed by atoms with Crippen molar-refractivity contribution in [2.24, 2.45) is 0 Å². The van der Waals surface area contributed by atoms with Gasteiger partial charge < -0.3 is 19.2 Å². The zero-order chi connectivity index (χ0) is 13.5. The fraction of sp³-hybridized carbons (Fsp3) is 0.455. The van der Waals surface area contributed by atoms with E-state index in [1.54, 1.807) is 6.92 Å². The van der Waals surface area contributed by atoms with E-state index >= 15 is 0 Å². The van der Waals surface area contributed by atoms with Gasteiger partial charge in [-0.3, -0.25) is 0 Å². The molecule has 0 saturated carbocycles. The Bertz CT molecular complexity index is 121. The minimum atomic E-state index is 0.750. The van der Waals surface area contributed by atoms with Gasteiger partial charge in [-0.2, -0.15) is 0 Å². The van der Waals surface area contributed by atoms with E-state index in [4.69, 9.17) is 19.2 Å². The first kappa shape index (κ1) is 29.2. The number of terminal acetylenes is 1. The number of carbonyl (C=O) groups is 4. The third-order valence-corrected chi connectivity index (χ3v) is 0. The molecule has 0 aliphatic rings. The Kier molecular flexibility index (Phi) is 287. The molecule has 88 valence electrons. The summed E-state index contributed by atoms with van der Waals surface area (Å²) in [6, 6.07) is 0. The van der Waals surface area contributed by atoms with Crippen molar-refractivity contribution in [2.75, 3.05) is 0 Å².